The molecule has 1 aliphatic rings. The van der Waals surface area contributed by atoms with Crippen LogP contribution in [-0.4, -0.2) is 23.0 Å². The second-order valence-electron chi connectivity index (χ2n) is 4.63. The van der Waals surface area contributed by atoms with E-state index in [1.807, 2.05) is 19.1 Å². The van der Waals surface area contributed by atoms with Crippen LogP contribution in [0.3, 0.4) is 0 Å². The molecular formula is C14H18INO2. The van der Waals surface area contributed by atoms with Crippen LogP contribution in [-0.2, 0) is 4.79 Å². The lowest BCUT2D eigenvalue weighted by molar-refractivity contribution is -0.133. The fourth-order valence-electron chi connectivity index (χ4n) is 2.16. The number of hydrogen-bond acceptors (Lipinski definition) is 3. The van der Waals surface area contributed by atoms with Gasteiger partial charge in [0.15, 0.2) is 0 Å². The predicted molar refractivity (Wildman–Crippen MR) is 80.4 cm³/mol. The van der Waals surface area contributed by atoms with E-state index in [1.165, 1.54) is 18.4 Å². The van der Waals surface area contributed by atoms with Gasteiger partial charge in [-0.15, -0.1) is 0 Å². The van der Waals surface area contributed by atoms with Crippen molar-refractivity contribution in [3.8, 4) is 5.75 Å². The van der Waals surface area contributed by atoms with E-state index in [-0.39, 0.29) is 9.89 Å². The lowest BCUT2D eigenvalue weighted by Crippen LogP contribution is -2.26. The summed E-state index contributed by atoms with van der Waals surface area (Å²) in [5, 5.41) is 3.36. The lowest BCUT2D eigenvalue weighted by atomic mass is 9.90. The highest BCUT2D eigenvalue weighted by Crippen LogP contribution is 2.26. The molecule has 1 aromatic rings. The number of piperidine rings is 1. The smallest absolute Gasteiger partial charge is 0.323 e. The number of benzene rings is 1. The largest absolute Gasteiger partial charge is 0.426 e. The van der Waals surface area contributed by atoms with Crippen LogP contribution in [0.15, 0.2) is 24.3 Å². The number of halogens is 1. The van der Waals surface area contributed by atoms with Gasteiger partial charge in [0.2, 0.25) is 0 Å². The van der Waals surface area contributed by atoms with Gasteiger partial charge in [-0.1, -0.05) is 34.7 Å². The molecule has 1 unspecified atom stereocenters. The van der Waals surface area contributed by atoms with Gasteiger partial charge in [-0.25, -0.2) is 0 Å². The zero-order chi connectivity index (χ0) is 13.0. The molecule has 4 heteroatoms. The van der Waals surface area contributed by atoms with Crippen molar-refractivity contribution < 1.29 is 9.53 Å². The average Bonchev–Trinajstić information content (AvgIpc) is 2.40. The van der Waals surface area contributed by atoms with E-state index >= 15 is 0 Å². The maximum atomic E-state index is 11.5. The Labute approximate surface area is 121 Å². The molecule has 1 fully saturated rings. The Kier molecular flexibility index (Phi) is 5.00. The first kappa shape index (κ1) is 13.8. The van der Waals surface area contributed by atoms with Crippen LogP contribution in [0, 0.1) is 0 Å². The van der Waals surface area contributed by atoms with Crippen molar-refractivity contribution in [2.75, 3.05) is 13.1 Å². The number of hydrogen-bond donors (Lipinski definition) is 1. The highest BCUT2D eigenvalue weighted by atomic mass is 127. The predicted octanol–water partition coefficient (Wildman–Crippen LogP) is 2.88. The Balaban J connectivity index is 1.98. The highest BCUT2D eigenvalue weighted by molar-refractivity contribution is 14.1. The van der Waals surface area contributed by atoms with Crippen LogP contribution >= 0.6 is 22.6 Å². The molecule has 18 heavy (non-hydrogen) atoms. The molecular weight excluding hydrogens is 341 g/mol. The molecule has 0 radical (unpaired) electrons. The molecule has 1 atom stereocenters. The van der Waals surface area contributed by atoms with Crippen molar-refractivity contribution >= 4 is 28.6 Å². The average molecular weight is 359 g/mol. The van der Waals surface area contributed by atoms with Crippen molar-refractivity contribution in [2.45, 2.75) is 29.6 Å². The summed E-state index contributed by atoms with van der Waals surface area (Å²) in [5.74, 6) is 1.09. The standard InChI is InChI=1S/C14H18INO2/c1-10(15)14(17)18-13-4-2-11(3-5-13)12-6-8-16-9-7-12/h2-5,10,12,16H,6-9H2,1H3. The molecule has 1 heterocycles. The van der Waals surface area contributed by atoms with Crippen LogP contribution in [0.5, 0.6) is 5.75 Å². The molecule has 98 valence electrons. The fraction of sp³-hybridized carbons (Fsp3) is 0.500. The van der Waals surface area contributed by atoms with E-state index in [1.54, 1.807) is 0 Å². The zero-order valence-corrected chi connectivity index (χ0v) is 12.6. The third kappa shape index (κ3) is 3.68. The number of alkyl halides is 1. The second-order valence-corrected chi connectivity index (χ2v) is 6.50. The molecule has 1 saturated heterocycles. The van der Waals surface area contributed by atoms with Gasteiger partial charge in [-0.05, 0) is 56.5 Å². The summed E-state index contributed by atoms with van der Waals surface area (Å²) >= 11 is 2.06. The number of esters is 1. The van der Waals surface area contributed by atoms with Gasteiger partial charge in [-0.2, -0.15) is 0 Å². The van der Waals surface area contributed by atoms with Gasteiger partial charge in [-0.3, -0.25) is 4.79 Å². The topological polar surface area (TPSA) is 38.3 Å². The number of carbonyl (C=O) groups is 1. The molecule has 0 aliphatic carbocycles. The molecule has 3 nitrogen and oxygen atoms in total. The first-order valence-corrected chi connectivity index (χ1v) is 7.58. The molecule has 0 amide bonds. The van der Waals surface area contributed by atoms with E-state index in [9.17, 15) is 4.79 Å². The summed E-state index contributed by atoms with van der Waals surface area (Å²) in [6, 6.07) is 7.95. The van der Waals surface area contributed by atoms with Crippen LogP contribution in [0.1, 0.15) is 31.2 Å². The Morgan fingerprint density at radius 3 is 2.50 bits per heavy atom. The molecule has 0 aromatic heterocycles. The van der Waals surface area contributed by atoms with Gasteiger partial charge in [0, 0.05) is 0 Å². The lowest BCUT2D eigenvalue weighted by Gasteiger charge is -2.23. The molecule has 1 aliphatic heterocycles. The van der Waals surface area contributed by atoms with Gasteiger partial charge >= 0.3 is 5.97 Å². The maximum Gasteiger partial charge on any atom is 0.323 e. The molecule has 2 rings (SSSR count). The number of ether oxygens (including phenoxy) is 1. The van der Waals surface area contributed by atoms with Crippen molar-refractivity contribution in [1.82, 2.24) is 5.32 Å². The van der Waals surface area contributed by atoms with Gasteiger partial charge in [0.1, 0.15) is 9.67 Å². The summed E-state index contributed by atoms with van der Waals surface area (Å²) in [6.45, 7) is 4.01. The number of nitrogens with one attached hydrogen (secondary N) is 1. The quantitative estimate of drug-likeness (QED) is 0.390. The highest BCUT2D eigenvalue weighted by Gasteiger charge is 2.15. The summed E-state index contributed by atoms with van der Waals surface area (Å²) < 4.78 is 5.14. The molecule has 0 spiro atoms. The normalized spacial score (nSPS) is 18.3. The third-order valence-corrected chi connectivity index (χ3v) is 3.74. The molecule has 0 bridgehead atoms. The number of rotatable bonds is 3. The summed E-state index contributed by atoms with van der Waals surface area (Å²) in [5.41, 5.74) is 1.35. The van der Waals surface area contributed by atoms with Crippen LogP contribution in [0.4, 0.5) is 0 Å². The minimum Gasteiger partial charge on any atom is -0.426 e. The molecule has 0 saturated carbocycles. The van der Waals surface area contributed by atoms with Gasteiger partial charge in [0.25, 0.3) is 0 Å². The second kappa shape index (κ2) is 6.52. The van der Waals surface area contributed by atoms with E-state index in [4.69, 9.17) is 4.74 Å². The van der Waals surface area contributed by atoms with Crippen LogP contribution in [0.25, 0.3) is 0 Å². The Bertz CT molecular complexity index is 397. The fourth-order valence-corrected chi connectivity index (χ4v) is 2.29. The first-order valence-electron chi connectivity index (χ1n) is 6.33. The van der Waals surface area contributed by atoms with Gasteiger partial charge < -0.3 is 10.1 Å². The van der Waals surface area contributed by atoms with Crippen molar-refractivity contribution in [1.29, 1.82) is 0 Å². The molecule has 1 aromatic carbocycles. The monoisotopic (exact) mass is 359 g/mol. The summed E-state index contributed by atoms with van der Waals surface area (Å²) in [4.78, 5) is 11.5. The van der Waals surface area contributed by atoms with E-state index < -0.39 is 0 Å². The van der Waals surface area contributed by atoms with E-state index in [2.05, 4.69) is 40.0 Å². The van der Waals surface area contributed by atoms with Crippen LogP contribution < -0.4 is 10.1 Å². The Morgan fingerprint density at radius 1 is 1.33 bits per heavy atom. The first-order chi connectivity index (χ1) is 8.66. The maximum absolute atomic E-state index is 11.5. The number of carbonyl (C=O) groups excluding carboxylic acids is 1. The zero-order valence-electron chi connectivity index (χ0n) is 10.5. The van der Waals surface area contributed by atoms with Crippen molar-refractivity contribution in [2.24, 2.45) is 0 Å². The Hall–Kier alpha value is -0.620. The van der Waals surface area contributed by atoms with Crippen LogP contribution in [0.2, 0.25) is 0 Å². The van der Waals surface area contributed by atoms with Gasteiger partial charge in [0.05, 0.1) is 0 Å². The van der Waals surface area contributed by atoms with E-state index in [0.29, 0.717) is 11.7 Å². The summed E-state index contributed by atoms with van der Waals surface area (Å²) in [6.07, 6.45) is 2.37. The third-order valence-electron chi connectivity index (χ3n) is 3.23. The van der Waals surface area contributed by atoms with Crippen molar-refractivity contribution in [3.05, 3.63) is 29.8 Å². The van der Waals surface area contributed by atoms with Crippen molar-refractivity contribution in [3.63, 3.8) is 0 Å². The Morgan fingerprint density at radius 2 is 1.94 bits per heavy atom. The minimum absolute atomic E-state index is 0.119. The summed E-state index contributed by atoms with van der Waals surface area (Å²) in [7, 11) is 0. The van der Waals surface area contributed by atoms with E-state index in [0.717, 1.165) is 13.1 Å². The molecule has 1 N–H and O–H groups in total. The SMILES string of the molecule is CC(I)C(=O)Oc1ccc(C2CCNCC2)cc1. The minimum atomic E-state index is -0.190.